The molecule has 0 heterocycles. The summed E-state index contributed by atoms with van der Waals surface area (Å²) in [4.78, 5) is 38.8. The van der Waals surface area contributed by atoms with Gasteiger partial charge in [-0.2, -0.15) is 5.26 Å². The van der Waals surface area contributed by atoms with E-state index in [-0.39, 0.29) is 30.1 Å². The first-order chi connectivity index (χ1) is 18.3. The van der Waals surface area contributed by atoms with Gasteiger partial charge in [0.05, 0.1) is 6.10 Å². The molecular formula is C30H37F2NO6. The summed E-state index contributed by atoms with van der Waals surface area (Å²) in [7, 11) is 0. The second-order valence-corrected chi connectivity index (χ2v) is 12.8. The molecule has 4 fully saturated rings. The van der Waals surface area contributed by atoms with Crippen molar-refractivity contribution in [3.63, 3.8) is 0 Å². The molecule has 1 N–H and O–H groups in total. The molecule has 0 aromatic carbocycles. The van der Waals surface area contributed by atoms with E-state index >= 15 is 8.78 Å². The maximum atomic E-state index is 17.1. The van der Waals surface area contributed by atoms with Gasteiger partial charge in [-0.25, -0.2) is 8.78 Å². The number of rotatable bonds is 5. The highest BCUT2D eigenvalue weighted by Crippen LogP contribution is 2.68. The van der Waals surface area contributed by atoms with Crippen LogP contribution in [0.25, 0.3) is 0 Å². The van der Waals surface area contributed by atoms with Gasteiger partial charge in [0.2, 0.25) is 0 Å². The molecule has 0 amide bonds. The fourth-order valence-corrected chi connectivity index (χ4v) is 8.72. The van der Waals surface area contributed by atoms with Crippen molar-refractivity contribution >= 4 is 17.7 Å². The quantitative estimate of drug-likeness (QED) is 0.400. The number of fused-ring (bicyclic) bond motifs is 5. The highest BCUT2D eigenvalue weighted by Gasteiger charge is 2.69. The van der Waals surface area contributed by atoms with Crippen LogP contribution in [-0.4, -0.2) is 53.5 Å². The minimum atomic E-state index is -1.79. The Hall–Kier alpha value is -2.60. The monoisotopic (exact) mass is 545 g/mol. The number of ketones is 1. The van der Waals surface area contributed by atoms with E-state index in [1.54, 1.807) is 13.0 Å². The van der Waals surface area contributed by atoms with Gasteiger partial charge in [0.1, 0.15) is 24.0 Å². The van der Waals surface area contributed by atoms with Crippen LogP contribution in [0.3, 0.4) is 0 Å². The molecule has 10 atom stereocenters. The fraction of sp³-hybridized carbons (Fsp3) is 0.733. The number of alkyl halides is 2. The molecule has 0 bridgehead atoms. The van der Waals surface area contributed by atoms with Crippen LogP contribution in [0.15, 0.2) is 23.8 Å². The summed E-state index contributed by atoms with van der Waals surface area (Å²) in [5.41, 5.74) is -5.18. The second-order valence-electron chi connectivity index (χ2n) is 12.8. The largest absolute Gasteiger partial charge is 0.461 e. The Labute approximate surface area is 227 Å². The third-order valence-corrected chi connectivity index (χ3v) is 11.1. The van der Waals surface area contributed by atoms with E-state index in [4.69, 9.17) is 14.7 Å². The van der Waals surface area contributed by atoms with E-state index in [0.29, 0.717) is 38.5 Å². The van der Waals surface area contributed by atoms with E-state index < -0.39 is 70.7 Å². The van der Waals surface area contributed by atoms with Gasteiger partial charge in [0.15, 0.2) is 17.8 Å². The van der Waals surface area contributed by atoms with Crippen molar-refractivity contribution in [2.75, 3.05) is 6.61 Å². The molecule has 0 aromatic heterocycles. The number of nitriles is 1. The number of nitrogens with zero attached hydrogens (tertiary/aromatic N) is 1. The van der Waals surface area contributed by atoms with Crippen LogP contribution in [-0.2, 0) is 23.9 Å². The van der Waals surface area contributed by atoms with Gasteiger partial charge in [-0.3, -0.25) is 14.4 Å². The number of hydrogen-bond acceptors (Lipinski definition) is 7. The number of aliphatic hydroxyl groups is 1. The zero-order valence-corrected chi connectivity index (χ0v) is 22.8. The van der Waals surface area contributed by atoms with Crippen LogP contribution in [0.5, 0.6) is 0 Å². The van der Waals surface area contributed by atoms with Gasteiger partial charge >= 0.3 is 11.9 Å². The molecule has 9 heteroatoms. The smallest absolute Gasteiger partial charge is 0.324 e. The molecule has 0 radical (unpaired) electrons. The SMILES string of the molecule is CC(C(=O)OCC#N)(C(=O)O[C@@H]1CC[C@H]2[C@@H]3C[C@H](F)C4=CC(=O)C=C[C@]4(C)[C@@]3(F)CC[C@]12C)C1CCCC1O. The predicted octanol–water partition coefficient (Wildman–Crippen LogP) is 4.48. The minimum Gasteiger partial charge on any atom is -0.461 e. The van der Waals surface area contributed by atoms with Crippen LogP contribution in [0.1, 0.15) is 72.1 Å². The lowest BCUT2D eigenvalue weighted by molar-refractivity contribution is -0.191. The number of carbonyl (C=O) groups excluding carboxylic acids is 3. The molecule has 39 heavy (non-hydrogen) atoms. The average Bonchev–Trinajstić information content (AvgIpc) is 3.48. The number of halogens is 2. The van der Waals surface area contributed by atoms with Crippen molar-refractivity contribution in [3.8, 4) is 6.07 Å². The fourth-order valence-electron chi connectivity index (χ4n) is 8.72. The van der Waals surface area contributed by atoms with Gasteiger partial charge in [0, 0.05) is 22.7 Å². The van der Waals surface area contributed by atoms with Gasteiger partial charge in [-0.1, -0.05) is 19.4 Å². The van der Waals surface area contributed by atoms with Crippen LogP contribution in [0.4, 0.5) is 8.78 Å². The zero-order valence-electron chi connectivity index (χ0n) is 22.8. The first-order valence-electron chi connectivity index (χ1n) is 14.0. The Bertz CT molecular complexity index is 1180. The van der Waals surface area contributed by atoms with E-state index in [1.165, 1.54) is 25.2 Å². The predicted molar refractivity (Wildman–Crippen MR) is 135 cm³/mol. The third kappa shape index (κ3) is 3.92. The molecule has 0 spiro atoms. The summed E-state index contributed by atoms with van der Waals surface area (Å²) in [5.74, 6) is -3.63. The number of aliphatic hydroxyl groups excluding tert-OH is 1. The van der Waals surface area contributed by atoms with Crippen molar-refractivity contribution in [2.45, 2.75) is 96.2 Å². The first-order valence-corrected chi connectivity index (χ1v) is 14.0. The third-order valence-electron chi connectivity index (χ3n) is 11.1. The topological polar surface area (TPSA) is 114 Å². The Morgan fingerprint density at radius 3 is 2.59 bits per heavy atom. The number of carbonyl (C=O) groups is 3. The molecular weight excluding hydrogens is 508 g/mol. The maximum Gasteiger partial charge on any atom is 0.324 e. The summed E-state index contributed by atoms with van der Waals surface area (Å²) >= 11 is 0. The lowest BCUT2D eigenvalue weighted by atomic mass is 9.46. The molecule has 212 valence electrons. The summed E-state index contributed by atoms with van der Waals surface area (Å²) < 4.78 is 43.8. The maximum absolute atomic E-state index is 17.1. The molecule has 5 aliphatic carbocycles. The Morgan fingerprint density at radius 2 is 1.92 bits per heavy atom. The highest BCUT2D eigenvalue weighted by atomic mass is 19.1. The zero-order chi connectivity index (χ0) is 28.4. The van der Waals surface area contributed by atoms with Crippen molar-refractivity contribution in [2.24, 2.45) is 34.0 Å². The molecule has 4 saturated carbocycles. The molecule has 5 rings (SSSR count). The number of allylic oxidation sites excluding steroid dienone is 4. The lowest BCUT2D eigenvalue weighted by Crippen LogP contribution is -2.62. The van der Waals surface area contributed by atoms with Crippen molar-refractivity contribution in [1.29, 1.82) is 5.26 Å². The Kier molecular flexibility index (Phi) is 6.81. The molecule has 5 aliphatic rings. The van der Waals surface area contributed by atoms with Gasteiger partial charge in [-0.15, -0.1) is 0 Å². The van der Waals surface area contributed by atoms with Crippen LogP contribution in [0, 0.1) is 45.3 Å². The van der Waals surface area contributed by atoms with E-state index in [0.717, 1.165) is 0 Å². The molecule has 7 nitrogen and oxygen atoms in total. The van der Waals surface area contributed by atoms with Gasteiger partial charge in [-0.05, 0) is 82.4 Å². The van der Waals surface area contributed by atoms with Crippen LogP contribution >= 0.6 is 0 Å². The lowest BCUT2D eigenvalue weighted by Gasteiger charge is -2.60. The molecule has 0 aromatic rings. The molecule has 0 saturated heterocycles. The molecule has 0 aliphatic heterocycles. The minimum absolute atomic E-state index is 0.0353. The normalized spacial score (nSPS) is 44.2. The van der Waals surface area contributed by atoms with E-state index in [1.807, 2.05) is 6.92 Å². The second kappa shape index (κ2) is 9.50. The Morgan fingerprint density at radius 1 is 1.18 bits per heavy atom. The van der Waals surface area contributed by atoms with E-state index in [9.17, 15) is 19.5 Å². The van der Waals surface area contributed by atoms with Crippen molar-refractivity contribution in [3.05, 3.63) is 23.8 Å². The van der Waals surface area contributed by atoms with Crippen LogP contribution < -0.4 is 0 Å². The van der Waals surface area contributed by atoms with Crippen LogP contribution in [0.2, 0.25) is 0 Å². The average molecular weight is 546 g/mol. The number of ether oxygens (including phenoxy) is 2. The number of esters is 2. The highest BCUT2D eigenvalue weighted by molar-refractivity contribution is 6.01. The molecule has 3 unspecified atom stereocenters. The first kappa shape index (κ1) is 27.9. The van der Waals surface area contributed by atoms with Crippen molar-refractivity contribution in [1.82, 2.24) is 0 Å². The summed E-state index contributed by atoms with van der Waals surface area (Å²) in [6, 6.07) is 1.74. The summed E-state index contributed by atoms with van der Waals surface area (Å²) in [6.07, 6.45) is 4.17. The number of hydrogen-bond donors (Lipinski definition) is 1. The van der Waals surface area contributed by atoms with E-state index in [2.05, 4.69) is 0 Å². The van der Waals surface area contributed by atoms with Gasteiger partial charge < -0.3 is 14.6 Å². The Balaban J connectivity index is 1.41. The summed E-state index contributed by atoms with van der Waals surface area (Å²) in [5, 5.41) is 19.5. The van der Waals surface area contributed by atoms with Crippen molar-refractivity contribution < 1.29 is 37.7 Å². The standard InChI is InChI=1S/C30H37F2NO6/c1-27-11-12-30(32)20(16-22(31)21-15-17(34)9-10-28(21,30)2)18(27)7-8-24(27)39-26(37)29(3,25(36)38-14-13-33)19-5-4-6-23(19)35/h9-10,15,18-20,22-24,35H,4-8,11-12,14,16H2,1-3H3/t18-,19?,20-,22-,23?,24+,27-,28-,29?,30+/m0/s1. The van der Waals surface area contributed by atoms with Gasteiger partial charge in [0.25, 0.3) is 0 Å². The summed E-state index contributed by atoms with van der Waals surface area (Å²) in [6.45, 7) is 4.53.